The molecule has 2 heterocycles. The van der Waals surface area contributed by atoms with E-state index in [4.69, 9.17) is 14.2 Å². The van der Waals surface area contributed by atoms with Crippen LogP contribution in [0.5, 0.6) is 5.75 Å². The van der Waals surface area contributed by atoms with Crippen LogP contribution in [0.3, 0.4) is 0 Å². The van der Waals surface area contributed by atoms with E-state index in [9.17, 15) is 4.79 Å². The van der Waals surface area contributed by atoms with Gasteiger partial charge in [0.15, 0.2) is 0 Å². The monoisotopic (exact) mass is 437 g/mol. The van der Waals surface area contributed by atoms with Crippen LogP contribution in [0.25, 0.3) is 0 Å². The van der Waals surface area contributed by atoms with Gasteiger partial charge < -0.3 is 19.1 Å². The molecule has 1 spiro atoms. The molecule has 0 aliphatic carbocycles. The summed E-state index contributed by atoms with van der Waals surface area (Å²) in [6.45, 7) is 10.5. The predicted molar refractivity (Wildman–Crippen MR) is 126 cm³/mol. The Balaban J connectivity index is 1.56. The molecular formula is C27H35NO4. The van der Waals surface area contributed by atoms with E-state index in [2.05, 4.69) is 58.0 Å². The van der Waals surface area contributed by atoms with E-state index < -0.39 is 5.79 Å². The average molecular weight is 438 g/mol. The standard InChI is InChI=1S/C27H35NO4/c1-5-6-8-21-10-12-24-23(18-21)27(31-14-7-15-32-27)26(29)28(24)13-16-30-25-17-20(4)9-11-22(25)19(2)3/h9-12,17-19H,5-8,13-16H2,1-4H3. The van der Waals surface area contributed by atoms with Crippen LogP contribution in [0.1, 0.15) is 68.2 Å². The average Bonchev–Trinajstić information content (AvgIpc) is 3.00. The number of hydrogen-bond acceptors (Lipinski definition) is 4. The van der Waals surface area contributed by atoms with Crippen molar-refractivity contribution in [3.63, 3.8) is 0 Å². The minimum atomic E-state index is -1.30. The van der Waals surface area contributed by atoms with E-state index in [1.807, 2.05) is 6.07 Å². The van der Waals surface area contributed by atoms with Crippen molar-refractivity contribution in [2.24, 2.45) is 0 Å². The molecule has 1 fully saturated rings. The number of unbranched alkanes of at least 4 members (excludes halogenated alkanes) is 1. The van der Waals surface area contributed by atoms with Crippen LogP contribution >= 0.6 is 0 Å². The molecule has 0 bridgehead atoms. The topological polar surface area (TPSA) is 48.0 Å². The quantitative estimate of drug-likeness (QED) is 0.549. The van der Waals surface area contributed by atoms with E-state index in [1.54, 1.807) is 4.90 Å². The molecule has 1 amide bonds. The molecule has 32 heavy (non-hydrogen) atoms. The van der Waals surface area contributed by atoms with Crippen molar-refractivity contribution >= 4 is 11.6 Å². The molecule has 2 aromatic rings. The number of aryl methyl sites for hydroxylation is 2. The molecular weight excluding hydrogens is 402 g/mol. The summed E-state index contributed by atoms with van der Waals surface area (Å²) >= 11 is 0. The van der Waals surface area contributed by atoms with Crippen LogP contribution in [0, 0.1) is 6.92 Å². The molecule has 0 saturated carbocycles. The van der Waals surface area contributed by atoms with E-state index in [1.165, 1.54) is 11.1 Å². The van der Waals surface area contributed by atoms with Gasteiger partial charge in [-0.1, -0.05) is 45.4 Å². The summed E-state index contributed by atoms with van der Waals surface area (Å²) in [6, 6.07) is 12.6. The van der Waals surface area contributed by atoms with Gasteiger partial charge in [0.05, 0.1) is 25.4 Å². The Morgan fingerprint density at radius 1 is 1.12 bits per heavy atom. The molecule has 0 atom stereocenters. The zero-order valence-corrected chi connectivity index (χ0v) is 19.8. The highest BCUT2D eigenvalue weighted by molar-refractivity contribution is 6.06. The molecule has 2 aromatic carbocycles. The van der Waals surface area contributed by atoms with Crippen molar-refractivity contribution in [2.45, 2.75) is 65.1 Å². The second kappa shape index (κ2) is 9.63. The summed E-state index contributed by atoms with van der Waals surface area (Å²) in [4.78, 5) is 15.3. The zero-order valence-electron chi connectivity index (χ0n) is 19.8. The molecule has 5 nitrogen and oxygen atoms in total. The van der Waals surface area contributed by atoms with Gasteiger partial charge in [-0.25, -0.2) is 0 Å². The Labute approximate surface area is 191 Å². The highest BCUT2D eigenvalue weighted by atomic mass is 16.7. The lowest BCUT2D eigenvalue weighted by Crippen LogP contribution is -2.48. The molecule has 2 aliphatic heterocycles. The highest BCUT2D eigenvalue weighted by Gasteiger charge is 2.54. The summed E-state index contributed by atoms with van der Waals surface area (Å²) in [5.41, 5.74) is 5.27. The first kappa shape index (κ1) is 22.8. The maximum Gasteiger partial charge on any atom is 0.292 e. The number of fused-ring (bicyclic) bond motifs is 2. The van der Waals surface area contributed by atoms with Crippen molar-refractivity contribution in [3.05, 3.63) is 58.7 Å². The number of nitrogens with zero attached hydrogens (tertiary/aromatic N) is 1. The van der Waals surface area contributed by atoms with Crippen molar-refractivity contribution in [1.82, 2.24) is 0 Å². The van der Waals surface area contributed by atoms with Gasteiger partial charge in [-0.15, -0.1) is 0 Å². The van der Waals surface area contributed by atoms with Crippen molar-refractivity contribution in [1.29, 1.82) is 0 Å². The number of benzene rings is 2. The number of ether oxygens (including phenoxy) is 3. The number of amides is 1. The molecule has 5 heteroatoms. The lowest BCUT2D eigenvalue weighted by atomic mass is 10.00. The van der Waals surface area contributed by atoms with Crippen LogP contribution in [0.15, 0.2) is 36.4 Å². The van der Waals surface area contributed by atoms with Gasteiger partial charge in [0.1, 0.15) is 12.4 Å². The molecule has 0 radical (unpaired) electrons. The van der Waals surface area contributed by atoms with Gasteiger partial charge in [-0.05, 0) is 67.0 Å². The first-order valence-corrected chi connectivity index (χ1v) is 11.9. The van der Waals surface area contributed by atoms with E-state index >= 15 is 0 Å². The molecule has 0 aromatic heterocycles. The van der Waals surface area contributed by atoms with Crippen LogP contribution < -0.4 is 9.64 Å². The largest absolute Gasteiger partial charge is 0.491 e. The van der Waals surface area contributed by atoms with Crippen molar-refractivity contribution < 1.29 is 19.0 Å². The number of carbonyl (C=O) groups excluding carboxylic acids is 1. The summed E-state index contributed by atoms with van der Waals surface area (Å²) in [5, 5.41) is 0. The van der Waals surface area contributed by atoms with Gasteiger partial charge in [0.2, 0.25) is 0 Å². The Hall–Kier alpha value is -2.37. The molecule has 2 aliphatic rings. The third kappa shape index (κ3) is 4.28. The van der Waals surface area contributed by atoms with E-state index in [0.717, 1.165) is 48.2 Å². The molecule has 172 valence electrons. The van der Waals surface area contributed by atoms with Gasteiger partial charge in [-0.3, -0.25) is 4.79 Å². The third-order valence-corrected chi connectivity index (χ3v) is 6.31. The van der Waals surface area contributed by atoms with Crippen molar-refractivity contribution in [2.75, 3.05) is 31.3 Å². The van der Waals surface area contributed by atoms with Crippen LogP contribution in [-0.4, -0.2) is 32.3 Å². The fourth-order valence-electron chi connectivity index (χ4n) is 4.54. The molecule has 1 saturated heterocycles. The molecule has 0 N–H and O–H groups in total. The van der Waals surface area contributed by atoms with Crippen molar-refractivity contribution in [3.8, 4) is 5.75 Å². The summed E-state index contributed by atoms with van der Waals surface area (Å²) in [7, 11) is 0. The normalized spacial score (nSPS) is 17.3. The van der Waals surface area contributed by atoms with Gasteiger partial charge in [0, 0.05) is 5.56 Å². The Bertz CT molecular complexity index is 962. The number of carbonyl (C=O) groups is 1. The number of rotatable bonds is 8. The smallest absolute Gasteiger partial charge is 0.292 e. The summed E-state index contributed by atoms with van der Waals surface area (Å²) in [5.74, 6) is -0.186. The first-order valence-electron chi connectivity index (χ1n) is 11.9. The predicted octanol–water partition coefficient (Wildman–Crippen LogP) is 5.48. The van der Waals surface area contributed by atoms with Gasteiger partial charge in [-0.2, -0.15) is 0 Å². The lowest BCUT2D eigenvalue weighted by Gasteiger charge is -2.32. The summed E-state index contributed by atoms with van der Waals surface area (Å²) < 4.78 is 18.2. The SMILES string of the molecule is CCCCc1ccc2c(c1)C1(OCCCO1)C(=O)N2CCOc1cc(C)ccc1C(C)C. The maximum absolute atomic E-state index is 13.6. The maximum atomic E-state index is 13.6. The fraction of sp³-hybridized carbons (Fsp3) is 0.519. The Morgan fingerprint density at radius 2 is 1.91 bits per heavy atom. The fourth-order valence-corrected chi connectivity index (χ4v) is 4.54. The first-order chi connectivity index (χ1) is 15.5. The minimum Gasteiger partial charge on any atom is -0.491 e. The van der Waals surface area contributed by atoms with Gasteiger partial charge in [0.25, 0.3) is 11.7 Å². The number of hydrogen-bond donors (Lipinski definition) is 0. The minimum absolute atomic E-state index is 0.142. The van der Waals surface area contributed by atoms with E-state index in [0.29, 0.717) is 32.3 Å². The third-order valence-electron chi connectivity index (χ3n) is 6.31. The van der Waals surface area contributed by atoms with Crippen LogP contribution in [0.4, 0.5) is 5.69 Å². The highest BCUT2D eigenvalue weighted by Crippen LogP contribution is 2.45. The second-order valence-electron chi connectivity index (χ2n) is 9.12. The number of anilines is 1. The van der Waals surface area contributed by atoms with E-state index in [-0.39, 0.29) is 5.91 Å². The lowest BCUT2D eigenvalue weighted by molar-refractivity contribution is -0.256. The molecule has 0 unspecified atom stereocenters. The second-order valence-corrected chi connectivity index (χ2v) is 9.12. The molecule has 4 rings (SSSR count). The Kier molecular flexibility index (Phi) is 6.87. The Morgan fingerprint density at radius 3 is 2.62 bits per heavy atom. The zero-order chi connectivity index (χ0) is 22.7. The summed E-state index contributed by atoms with van der Waals surface area (Å²) in [6.07, 6.45) is 4.04. The van der Waals surface area contributed by atoms with Crippen LogP contribution in [-0.2, 0) is 26.5 Å². The van der Waals surface area contributed by atoms with Crippen LogP contribution in [0.2, 0.25) is 0 Å². The van der Waals surface area contributed by atoms with Gasteiger partial charge >= 0.3 is 0 Å².